The quantitative estimate of drug-likeness (QED) is 0.801. The minimum absolute atomic E-state index is 0.0296. The number of carbonyl (C=O) groups is 2. The van der Waals surface area contributed by atoms with Crippen LogP contribution in [0.5, 0.6) is 0 Å². The van der Waals surface area contributed by atoms with E-state index in [0.717, 1.165) is 11.4 Å². The number of ether oxygens (including phenoxy) is 1. The van der Waals surface area contributed by atoms with Gasteiger partial charge < -0.3 is 15.0 Å². The molecule has 1 N–H and O–H groups in total. The van der Waals surface area contributed by atoms with Crippen LogP contribution in [0.1, 0.15) is 25.3 Å². The Labute approximate surface area is 117 Å². The summed E-state index contributed by atoms with van der Waals surface area (Å²) >= 11 is 0. The molecule has 1 fully saturated rings. The average Bonchev–Trinajstić information content (AvgIpc) is 2.83. The smallest absolute Gasteiger partial charge is 0.305 e. The number of amides is 1. The first kappa shape index (κ1) is 12.9. The van der Waals surface area contributed by atoms with Crippen molar-refractivity contribution in [2.24, 2.45) is 0 Å². The van der Waals surface area contributed by atoms with E-state index in [0.29, 0.717) is 25.9 Å². The van der Waals surface area contributed by atoms with Crippen LogP contribution in [0, 0.1) is 0 Å². The van der Waals surface area contributed by atoms with Crippen LogP contribution in [-0.4, -0.2) is 35.6 Å². The number of rotatable bonds is 2. The van der Waals surface area contributed by atoms with E-state index in [1.165, 1.54) is 0 Å². The average molecular weight is 275 g/mol. The van der Waals surface area contributed by atoms with Gasteiger partial charge in [-0.25, -0.2) is 4.98 Å². The normalized spacial score (nSPS) is 24.4. The fourth-order valence-corrected chi connectivity index (χ4v) is 2.76. The lowest BCUT2D eigenvalue weighted by Gasteiger charge is -2.22. The zero-order valence-corrected chi connectivity index (χ0v) is 11.3. The molecule has 0 spiro atoms. The van der Waals surface area contributed by atoms with E-state index >= 15 is 0 Å². The molecule has 6 heteroatoms. The van der Waals surface area contributed by atoms with Crippen LogP contribution in [-0.2, 0) is 20.9 Å². The van der Waals surface area contributed by atoms with Gasteiger partial charge in [-0.1, -0.05) is 13.0 Å². The molecular formula is C14H17N3O3. The Morgan fingerprint density at radius 2 is 2.45 bits per heavy atom. The topological polar surface area (TPSA) is 71.5 Å². The molecule has 2 aliphatic heterocycles. The van der Waals surface area contributed by atoms with Gasteiger partial charge in [0.25, 0.3) is 0 Å². The highest BCUT2D eigenvalue weighted by Crippen LogP contribution is 2.30. The second-order valence-corrected chi connectivity index (χ2v) is 5.07. The third-order valence-electron chi connectivity index (χ3n) is 3.74. The monoisotopic (exact) mass is 275 g/mol. The molecule has 0 saturated carbocycles. The number of esters is 1. The minimum Gasteiger partial charge on any atom is -0.460 e. The first-order chi connectivity index (χ1) is 9.69. The Morgan fingerprint density at radius 3 is 3.25 bits per heavy atom. The summed E-state index contributed by atoms with van der Waals surface area (Å²) < 4.78 is 5.37. The van der Waals surface area contributed by atoms with E-state index in [4.69, 9.17) is 4.74 Å². The molecule has 20 heavy (non-hydrogen) atoms. The molecule has 106 valence electrons. The van der Waals surface area contributed by atoms with E-state index in [2.05, 4.69) is 10.3 Å². The Bertz CT molecular complexity index is 546. The Morgan fingerprint density at radius 1 is 1.60 bits per heavy atom. The van der Waals surface area contributed by atoms with Gasteiger partial charge in [0.1, 0.15) is 18.0 Å². The van der Waals surface area contributed by atoms with Crippen LogP contribution in [0.3, 0.4) is 0 Å². The Hall–Kier alpha value is -2.11. The molecule has 0 unspecified atom stereocenters. The number of hydrogen-bond donors (Lipinski definition) is 1. The Balaban J connectivity index is 1.86. The van der Waals surface area contributed by atoms with Crippen LogP contribution >= 0.6 is 0 Å². The summed E-state index contributed by atoms with van der Waals surface area (Å²) in [5, 5.41) is 2.90. The van der Waals surface area contributed by atoms with Crippen molar-refractivity contribution in [3.8, 4) is 0 Å². The molecule has 3 heterocycles. The number of hydrogen-bond acceptors (Lipinski definition) is 5. The van der Waals surface area contributed by atoms with Gasteiger partial charge >= 0.3 is 5.97 Å². The molecule has 0 aromatic carbocycles. The highest BCUT2D eigenvalue weighted by Gasteiger charge is 2.41. The largest absolute Gasteiger partial charge is 0.460 e. The van der Waals surface area contributed by atoms with Gasteiger partial charge in [-0.3, -0.25) is 9.59 Å². The van der Waals surface area contributed by atoms with E-state index in [1.54, 1.807) is 13.1 Å². The van der Waals surface area contributed by atoms with Crippen LogP contribution in [0.2, 0.25) is 0 Å². The summed E-state index contributed by atoms with van der Waals surface area (Å²) in [6.07, 6.45) is 2.35. The number of carbonyl (C=O) groups excluding carboxylic acids is 2. The number of nitrogens with zero attached hydrogens (tertiary/aromatic N) is 2. The van der Waals surface area contributed by atoms with Gasteiger partial charge in [0.2, 0.25) is 5.91 Å². The molecule has 3 rings (SSSR count). The van der Waals surface area contributed by atoms with Gasteiger partial charge in [0, 0.05) is 31.1 Å². The minimum atomic E-state index is -0.305. The number of pyridine rings is 1. The summed E-state index contributed by atoms with van der Waals surface area (Å²) in [6.45, 7) is 2.78. The van der Waals surface area contributed by atoms with Crippen molar-refractivity contribution in [3.05, 3.63) is 23.9 Å². The molecular weight excluding hydrogens is 258 g/mol. The molecule has 2 aliphatic rings. The number of fused-ring (bicyclic) bond motifs is 3. The van der Waals surface area contributed by atoms with Crippen LogP contribution in [0.25, 0.3) is 0 Å². The van der Waals surface area contributed by atoms with Gasteiger partial charge in [0.05, 0.1) is 6.54 Å². The number of nitrogens with one attached hydrogen (secondary N) is 1. The molecule has 1 aromatic heterocycles. The molecule has 1 aromatic rings. The highest BCUT2D eigenvalue weighted by molar-refractivity contribution is 5.87. The predicted molar refractivity (Wildman–Crippen MR) is 72.0 cm³/mol. The fraction of sp³-hybridized carbons (Fsp3) is 0.500. The molecule has 0 aliphatic carbocycles. The van der Waals surface area contributed by atoms with Crippen molar-refractivity contribution in [1.82, 2.24) is 10.3 Å². The lowest BCUT2D eigenvalue weighted by Crippen LogP contribution is -2.40. The van der Waals surface area contributed by atoms with Gasteiger partial charge in [-0.2, -0.15) is 0 Å². The highest BCUT2D eigenvalue weighted by atomic mass is 16.5. The van der Waals surface area contributed by atoms with Crippen molar-refractivity contribution < 1.29 is 14.3 Å². The predicted octanol–water partition coefficient (Wildman–Crippen LogP) is 0.612. The second-order valence-electron chi connectivity index (χ2n) is 5.07. The number of aromatic nitrogens is 1. The lowest BCUT2D eigenvalue weighted by atomic mass is 10.2. The van der Waals surface area contributed by atoms with E-state index < -0.39 is 0 Å². The van der Waals surface area contributed by atoms with Gasteiger partial charge in [-0.15, -0.1) is 0 Å². The summed E-state index contributed by atoms with van der Waals surface area (Å²) in [4.78, 5) is 29.9. The SMILES string of the molecule is CCC(=O)O[C@@H]1C[C@@H]2C(=O)NCc3cccnc3N2C1. The lowest BCUT2D eigenvalue weighted by molar-refractivity contribution is -0.148. The van der Waals surface area contributed by atoms with Crippen molar-refractivity contribution in [1.29, 1.82) is 0 Å². The third kappa shape index (κ3) is 2.21. The van der Waals surface area contributed by atoms with Crippen molar-refractivity contribution in [2.45, 2.75) is 38.5 Å². The van der Waals surface area contributed by atoms with Crippen LogP contribution in [0.15, 0.2) is 18.3 Å². The zero-order chi connectivity index (χ0) is 14.1. The van der Waals surface area contributed by atoms with E-state index in [1.807, 2.05) is 17.0 Å². The molecule has 0 radical (unpaired) electrons. The molecule has 1 saturated heterocycles. The summed E-state index contributed by atoms with van der Waals surface area (Å²) in [6, 6.07) is 3.51. The first-order valence-corrected chi connectivity index (χ1v) is 6.86. The van der Waals surface area contributed by atoms with Crippen LogP contribution in [0.4, 0.5) is 5.82 Å². The van der Waals surface area contributed by atoms with Gasteiger partial charge in [-0.05, 0) is 6.07 Å². The van der Waals surface area contributed by atoms with Crippen molar-refractivity contribution in [2.75, 3.05) is 11.4 Å². The van der Waals surface area contributed by atoms with E-state index in [-0.39, 0.29) is 24.0 Å². The molecule has 1 amide bonds. The summed E-state index contributed by atoms with van der Waals surface area (Å²) in [5.74, 6) is 0.554. The molecule has 0 bridgehead atoms. The Kier molecular flexibility index (Phi) is 3.30. The first-order valence-electron chi connectivity index (χ1n) is 6.86. The maximum absolute atomic E-state index is 12.1. The van der Waals surface area contributed by atoms with Crippen molar-refractivity contribution >= 4 is 17.7 Å². The zero-order valence-electron chi connectivity index (χ0n) is 11.3. The summed E-state index contributed by atoms with van der Waals surface area (Å²) in [7, 11) is 0. The number of anilines is 1. The fourth-order valence-electron chi connectivity index (χ4n) is 2.76. The van der Waals surface area contributed by atoms with Crippen molar-refractivity contribution in [3.63, 3.8) is 0 Å². The molecule has 2 atom stereocenters. The summed E-state index contributed by atoms with van der Waals surface area (Å²) in [5.41, 5.74) is 0.991. The third-order valence-corrected chi connectivity index (χ3v) is 3.74. The second kappa shape index (κ2) is 5.11. The molecule has 6 nitrogen and oxygen atoms in total. The van der Waals surface area contributed by atoms with Gasteiger partial charge in [0.15, 0.2) is 0 Å². The maximum atomic E-state index is 12.1. The maximum Gasteiger partial charge on any atom is 0.305 e. The van der Waals surface area contributed by atoms with Crippen LogP contribution < -0.4 is 10.2 Å². The standard InChI is InChI=1S/C14H17N3O3/c1-2-12(18)20-10-6-11-14(19)16-7-9-4-3-5-15-13(9)17(11)8-10/h3-5,10-11H,2,6-8H2,1H3,(H,16,19)/t10-,11-/m1/s1. The van der Waals surface area contributed by atoms with E-state index in [9.17, 15) is 9.59 Å².